The van der Waals surface area contributed by atoms with E-state index in [-0.39, 0.29) is 22.4 Å². The number of rotatable bonds is 4. The highest BCUT2D eigenvalue weighted by molar-refractivity contribution is 5.76. The van der Waals surface area contributed by atoms with Crippen LogP contribution in [0.25, 0.3) is 0 Å². The van der Waals surface area contributed by atoms with Gasteiger partial charge in [0.25, 0.3) is 0 Å². The van der Waals surface area contributed by atoms with Gasteiger partial charge in [0.2, 0.25) is 0 Å². The van der Waals surface area contributed by atoms with Crippen LogP contribution in [0.4, 0.5) is 0 Å². The first-order valence-corrected chi connectivity index (χ1v) is 11.0. The van der Waals surface area contributed by atoms with Crippen molar-refractivity contribution < 1.29 is 9.53 Å². The van der Waals surface area contributed by atoms with Crippen LogP contribution in [0.1, 0.15) is 98.3 Å². The molecule has 0 aromatic heterocycles. The van der Waals surface area contributed by atoms with E-state index in [0.717, 1.165) is 18.3 Å². The summed E-state index contributed by atoms with van der Waals surface area (Å²) in [6.07, 6.45) is 14.1. The van der Waals surface area contributed by atoms with E-state index in [9.17, 15) is 4.79 Å². The van der Waals surface area contributed by atoms with Crippen LogP contribution in [0.2, 0.25) is 0 Å². The fourth-order valence-electron chi connectivity index (χ4n) is 7.32. The summed E-state index contributed by atoms with van der Waals surface area (Å²) in [6.45, 7) is 8.75. The molecular formula is C23H38O2. The van der Waals surface area contributed by atoms with Crippen molar-refractivity contribution in [1.82, 2.24) is 0 Å². The molecule has 0 aliphatic heterocycles. The van der Waals surface area contributed by atoms with E-state index < -0.39 is 0 Å². The summed E-state index contributed by atoms with van der Waals surface area (Å²) in [4.78, 5) is 13.3. The standard InChI is InChI=1S/C23H38O2/c1-5-21(2,3)20(24)25-23(22(4)9-7-6-8-10-22)18-12-16-11-17(14-18)15-19(23)13-16/h16-19H,5-15H2,1-4H3. The second kappa shape index (κ2) is 5.99. The second-order valence-corrected chi connectivity index (χ2v) is 10.8. The minimum atomic E-state index is -0.354. The minimum absolute atomic E-state index is 0.0780. The lowest BCUT2D eigenvalue weighted by Gasteiger charge is -2.66. The molecule has 0 spiro atoms. The Hall–Kier alpha value is -0.530. The number of carbonyl (C=O) groups excluding carboxylic acids is 1. The maximum absolute atomic E-state index is 13.3. The van der Waals surface area contributed by atoms with E-state index in [0.29, 0.717) is 11.8 Å². The Morgan fingerprint density at radius 1 is 0.960 bits per heavy atom. The minimum Gasteiger partial charge on any atom is -0.457 e. The van der Waals surface area contributed by atoms with Crippen molar-refractivity contribution in [2.45, 2.75) is 104 Å². The van der Waals surface area contributed by atoms with E-state index in [2.05, 4.69) is 27.7 Å². The van der Waals surface area contributed by atoms with Crippen LogP contribution in [-0.2, 0) is 9.53 Å². The van der Waals surface area contributed by atoms with Gasteiger partial charge in [-0.05, 0) is 77.0 Å². The quantitative estimate of drug-likeness (QED) is 0.572. The van der Waals surface area contributed by atoms with Crippen molar-refractivity contribution in [3.63, 3.8) is 0 Å². The van der Waals surface area contributed by atoms with Crippen LogP contribution in [0, 0.1) is 34.5 Å². The SMILES string of the molecule is CCC(C)(C)C(=O)OC1(C2(C)CCCCC2)C2CC3CC(C2)CC1C3. The van der Waals surface area contributed by atoms with E-state index in [1.807, 2.05) is 0 Å². The smallest absolute Gasteiger partial charge is 0.312 e. The largest absolute Gasteiger partial charge is 0.457 e. The first-order valence-electron chi connectivity index (χ1n) is 11.0. The summed E-state index contributed by atoms with van der Waals surface area (Å²) in [5.74, 6) is 3.17. The number of hydrogen-bond acceptors (Lipinski definition) is 2. The average Bonchev–Trinajstić information content (AvgIpc) is 2.57. The highest BCUT2D eigenvalue weighted by Gasteiger charge is 2.66. The Morgan fingerprint density at radius 2 is 1.48 bits per heavy atom. The molecule has 5 fully saturated rings. The van der Waals surface area contributed by atoms with Crippen LogP contribution in [0.3, 0.4) is 0 Å². The molecule has 0 unspecified atom stereocenters. The third-order valence-corrected chi connectivity index (χ3v) is 8.95. The number of ether oxygens (including phenoxy) is 1. The zero-order valence-electron chi connectivity index (χ0n) is 16.9. The van der Waals surface area contributed by atoms with Crippen LogP contribution >= 0.6 is 0 Å². The molecule has 0 atom stereocenters. The molecule has 5 aliphatic rings. The molecule has 4 bridgehead atoms. The number of esters is 1. The van der Waals surface area contributed by atoms with Gasteiger partial charge in [-0.25, -0.2) is 0 Å². The first-order chi connectivity index (χ1) is 11.8. The Bertz CT molecular complexity index is 498. The van der Waals surface area contributed by atoms with E-state index in [1.165, 1.54) is 64.2 Å². The van der Waals surface area contributed by atoms with Gasteiger partial charge in [-0.2, -0.15) is 0 Å². The topological polar surface area (TPSA) is 26.3 Å². The third kappa shape index (κ3) is 2.60. The van der Waals surface area contributed by atoms with E-state index >= 15 is 0 Å². The molecule has 0 aromatic carbocycles. The van der Waals surface area contributed by atoms with Crippen LogP contribution in [0.5, 0.6) is 0 Å². The summed E-state index contributed by atoms with van der Waals surface area (Å²) in [6, 6.07) is 0. The van der Waals surface area contributed by atoms with Crippen molar-refractivity contribution >= 4 is 5.97 Å². The zero-order chi connectivity index (χ0) is 17.9. The first kappa shape index (κ1) is 17.9. The van der Waals surface area contributed by atoms with Crippen LogP contribution in [0.15, 0.2) is 0 Å². The lowest BCUT2D eigenvalue weighted by molar-refractivity contribution is -0.261. The van der Waals surface area contributed by atoms with Gasteiger partial charge < -0.3 is 4.74 Å². The Kier molecular flexibility index (Phi) is 4.28. The predicted octanol–water partition coefficient (Wildman–Crippen LogP) is 6.13. The lowest BCUT2D eigenvalue weighted by Crippen LogP contribution is -2.67. The monoisotopic (exact) mass is 346 g/mol. The number of hydrogen-bond donors (Lipinski definition) is 0. The Morgan fingerprint density at radius 3 is 1.96 bits per heavy atom. The maximum atomic E-state index is 13.3. The fraction of sp³-hybridized carbons (Fsp3) is 0.957. The molecular weight excluding hydrogens is 308 g/mol. The molecule has 0 amide bonds. The van der Waals surface area contributed by atoms with Crippen LogP contribution in [-0.4, -0.2) is 11.6 Å². The van der Waals surface area contributed by atoms with Crippen LogP contribution < -0.4 is 0 Å². The molecule has 142 valence electrons. The normalized spacial score (nSPS) is 42.4. The van der Waals surface area contributed by atoms with Gasteiger partial charge in [0.1, 0.15) is 5.60 Å². The molecule has 0 N–H and O–H groups in total. The molecule has 2 nitrogen and oxygen atoms in total. The fourth-order valence-corrected chi connectivity index (χ4v) is 7.32. The molecule has 0 heterocycles. The molecule has 25 heavy (non-hydrogen) atoms. The summed E-state index contributed by atoms with van der Waals surface area (Å²) in [5.41, 5.74) is -0.315. The van der Waals surface area contributed by atoms with E-state index in [4.69, 9.17) is 4.74 Å². The van der Waals surface area contributed by atoms with Gasteiger partial charge in [0, 0.05) is 17.3 Å². The average molecular weight is 347 g/mol. The van der Waals surface area contributed by atoms with Gasteiger partial charge >= 0.3 is 5.97 Å². The summed E-state index contributed by atoms with van der Waals surface area (Å²) in [7, 11) is 0. The summed E-state index contributed by atoms with van der Waals surface area (Å²) >= 11 is 0. The lowest BCUT2D eigenvalue weighted by atomic mass is 9.42. The maximum Gasteiger partial charge on any atom is 0.312 e. The van der Waals surface area contributed by atoms with E-state index in [1.54, 1.807) is 0 Å². The Labute approximate surface area is 154 Å². The highest BCUT2D eigenvalue weighted by Crippen LogP contribution is 2.67. The molecule has 0 saturated heterocycles. The van der Waals surface area contributed by atoms with Crippen molar-refractivity contribution in [2.75, 3.05) is 0 Å². The highest BCUT2D eigenvalue weighted by atomic mass is 16.6. The predicted molar refractivity (Wildman–Crippen MR) is 101 cm³/mol. The molecule has 5 aliphatic carbocycles. The van der Waals surface area contributed by atoms with Gasteiger partial charge in [-0.1, -0.05) is 33.1 Å². The zero-order valence-corrected chi connectivity index (χ0v) is 16.9. The van der Waals surface area contributed by atoms with Crippen molar-refractivity contribution in [1.29, 1.82) is 0 Å². The Balaban J connectivity index is 1.73. The summed E-state index contributed by atoms with van der Waals surface area (Å²) in [5, 5.41) is 0. The summed E-state index contributed by atoms with van der Waals surface area (Å²) < 4.78 is 6.77. The van der Waals surface area contributed by atoms with Gasteiger partial charge in [0.05, 0.1) is 5.41 Å². The third-order valence-electron chi connectivity index (χ3n) is 8.95. The molecule has 2 heteroatoms. The van der Waals surface area contributed by atoms with Crippen molar-refractivity contribution in [3.8, 4) is 0 Å². The van der Waals surface area contributed by atoms with Crippen molar-refractivity contribution in [2.24, 2.45) is 34.5 Å². The van der Waals surface area contributed by atoms with Gasteiger partial charge in [-0.3, -0.25) is 4.79 Å². The number of carbonyl (C=O) groups is 1. The molecule has 0 radical (unpaired) electrons. The molecule has 5 rings (SSSR count). The van der Waals surface area contributed by atoms with Crippen molar-refractivity contribution in [3.05, 3.63) is 0 Å². The molecule has 5 saturated carbocycles. The second-order valence-electron chi connectivity index (χ2n) is 10.8. The van der Waals surface area contributed by atoms with Gasteiger partial charge in [0.15, 0.2) is 0 Å². The molecule has 0 aromatic rings. The van der Waals surface area contributed by atoms with Gasteiger partial charge in [-0.15, -0.1) is 0 Å².